The SMILES string of the molecule is C[C@H](O[C@H]1[C@@H](O)[C@H](O[C@@H]2[C@@H](O)[C@H](NC(=O)C3(O)CC(NC(=N)N)C3)C[C@H](N)[C@H]2O[C@H]2O[C@H](CN)C=C[C@H]2N)O[C@@H]1CO)[C@H](N)[C@@H](O)[C@H](O)[C@@H](C)CN. The summed E-state index contributed by atoms with van der Waals surface area (Å²) in [5, 5.41) is 77.9. The predicted molar refractivity (Wildman–Crippen MR) is 182 cm³/mol. The number of ether oxygens (including phenoxy) is 5. The van der Waals surface area contributed by atoms with Crippen molar-refractivity contribution in [3.63, 3.8) is 0 Å². The molecule has 21 N–H and O–H groups in total. The zero-order chi connectivity index (χ0) is 38.7. The number of amides is 1. The Hall–Kier alpha value is -2.16. The van der Waals surface area contributed by atoms with Crippen LogP contribution in [0, 0.1) is 11.3 Å². The first-order valence-corrected chi connectivity index (χ1v) is 17.5. The van der Waals surface area contributed by atoms with E-state index >= 15 is 0 Å². The molecule has 2 heterocycles. The topological polar surface area (TPSA) is 389 Å². The second-order valence-electron chi connectivity index (χ2n) is 14.4. The van der Waals surface area contributed by atoms with E-state index in [0.717, 1.165) is 0 Å². The van der Waals surface area contributed by atoms with Gasteiger partial charge in [0.05, 0.1) is 49.1 Å². The summed E-state index contributed by atoms with van der Waals surface area (Å²) in [6.07, 6.45) is -11.8. The highest BCUT2D eigenvalue weighted by Gasteiger charge is 2.55. The number of carbonyl (C=O) groups is 1. The largest absolute Gasteiger partial charge is 0.394 e. The number of nitrogens with two attached hydrogens (primary N) is 6. The first kappa shape index (κ1) is 42.6. The van der Waals surface area contributed by atoms with Gasteiger partial charge in [0, 0.05) is 31.5 Å². The van der Waals surface area contributed by atoms with Crippen LogP contribution >= 0.6 is 0 Å². The van der Waals surface area contributed by atoms with E-state index in [2.05, 4.69) is 10.6 Å². The van der Waals surface area contributed by atoms with Gasteiger partial charge >= 0.3 is 0 Å². The molecule has 4 rings (SSSR count). The molecule has 2 saturated carbocycles. The molecule has 21 nitrogen and oxygen atoms in total. The lowest BCUT2D eigenvalue weighted by atomic mass is 9.74. The second-order valence-corrected chi connectivity index (χ2v) is 14.4. The molecule has 0 bridgehead atoms. The minimum Gasteiger partial charge on any atom is -0.394 e. The van der Waals surface area contributed by atoms with Crippen molar-refractivity contribution >= 4 is 11.9 Å². The molecule has 52 heavy (non-hydrogen) atoms. The summed E-state index contributed by atoms with van der Waals surface area (Å²) in [6.45, 7) is 2.73. The van der Waals surface area contributed by atoms with E-state index < -0.39 is 128 Å². The first-order chi connectivity index (χ1) is 24.4. The van der Waals surface area contributed by atoms with Crippen LogP contribution in [0.4, 0.5) is 0 Å². The van der Waals surface area contributed by atoms with Crippen molar-refractivity contribution in [2.45, 2.75) is 143 Å². The summed E-state index contributed by atoms with van der Waals surface area (Å²) in [7, 11) is 0. The lowest BCUT2D eigenvalue weighted by molar-refractivity contribution is -0.280. The van der Waals surface area contributed by atoms with Gasteiger partial charge in [0.1, 0.15) is 42.2 Å². The van der Waals surface area contributed by atoms with E-state index in [4.69, 9.17) is 63.5 Å². The maximum atomic E-state index is 13.2. The highest BCUT2D eigenvalue weighted by atomic mass is 16.7. The highest BCUT2D eigenvalue weighted by Crippen LogP contribution is 2.36. The molecule has 21 heteroatoms. The lowest BCUT2D eigenvalue weighted by Crippen LogP contribution is -2.69. The normalized spacial score (nSPS) is 42.1. The molecule has 2 aliphatic heterocycles. The van der Waals surface area contributed by atoms with E-state index in [9.17, 15) is 35.4 Å². The summed E-state index contributed by atoms with van der Waals surface area (Å²) < 4.78 is 30.0. The summed E-state index contributed by atoms with van der Waals surface area (Å²) >= 11 is 0. The number of rotatable bonds is 16. The number of aliphatic hydroxyl groups is 6. The average Bonchev–Trinajstić information content (AvgIpc) is 3.39. The number of nitrogens with one attached hydrogen (secondary N) is 3. The summed E-state index contributed by atoms with van der Waals surface area (Å²) in [5.74, 6) is -1.57. The summed E-state index contributed by atoms with van der Waals surface area (Å²) in [5.41, 5.74) is 33.9. The van der Waals surface area contributed by atoms with Crippen molar-refractivity contribution in [3.8, 4) is 0 Å². The van der Waals surface area contributed by atoms with Crippen molar-refractivity contribution in [2.24, 2.45) is 40.3 Å². The zero-order valence-electron chi connectivity index (χ0n) is 29.4. The monoisotopic (exact) mass is 749 g/mol. The van der Waals surface area contributed by atoms with Gasteiger partial charge in [0.25, 0.3) is 5.91 Å². The minimum absolute atomic E-state index is 0.0398. The van der Waals surface area contributed by atoms with E-state index in [1.165, 1.54) is 6.92 Å². The maximum absolute atomic E-state index is 13.2. The van der Waals surface area contributed by atoms with Gasteiger partial charge < -0.3 is 99.4 Å². The van der Waals surface area contributed by atoms with Gasteiger partial charge in [-0.3, -0.25) is 10.2 Å². The third kappa shape index (κ3) is 9.55. The van der Waals surface area contributed by atoms with Gasteiger partial charge in [0.15, 0.2) is 18.5 Å². The fourth-order valence-corrected chi connectivity index (χ4v) is 6.95. The fourth-order valence-electron chi connectivity index (χ4n) is 6.95. The van der Waals surface area contributed by atoms with E-state index in [1.807, 2.05) is 0 Å². The van der Waals surface area contributed by atoms with Crippen molar-refractivity contribution in [2.75, 3.05) is 19.7 Å². The van der Waals surface area contributed by atoms with Crippen LogP contribution in [0.5, 0.6) is 0 Å². The van der Waals surface area contributed by atoms with Gasteiger partial charge in [-0.1, -0.05) is 19.1 Å². The third-order valence-electron chi connectivity index (χ3n) is 10.4. The van der Waals surface area contributed by atoms with Crippen LogP contribution in [0.1, 0.15) is 33.1 Å². The minimum atomic E-state index is -1.81. The number of aliphatic hydroxyl groups excluding tert-OH is 5. The van der Waals surface area contributed by atoms with Crippen LogP contribution < -0.4 is 45.0 Å². The highest BCUT2D eigenvalue weighted by molar-refractivity contribution is 5.87. The molecule has 1 amide bonds. The van der Waals surface area contributed by atoms with Crippen molar-refractivity contribution < 1.29 is 59.1 Å². The second kappa shape index (κ2) is 18.0. The van der Waals surface area contributed by atoms with Gasteiger partial charge in [-0.2, -0.15) is 0 Å². The van der Waals surface area contributed by atoms with Crippen molar-refractivity contribution in [1.82, 2.24) is 10.6 Å². The zero-order valence-corrected chi connectivity index (χ0v) is 29.4. The predicted octanol–water partition coefficient (Wildman–Crippen LogP) is -7.23. The Morgan fingerprint density at radius 2 is 1.65 bits per heavy atom. The van der Waals surface area contributed by atoms with E-state index in [0.29, 0.717) is 0 Å². The molecule has 0 radical (unpaired) electrons. The van der Waals surface area contributed by atoms with E-state index in [1.54, 1.807) is 19.1 Å². The van der Waals surface area contributed by atoms with Gasteiger partial charge in [-0.05, 0) is 25.8 Å². The Labute approximate surface area is 301 Å². The Bertz CT molecular complexity index is 1220. The number of hydrogen-bond donors (Lipinski definition) is 15. The number of carbonyl (C=O) groups excluding carboxylic acids is 1. The molecular formula is C31H59N9O12. The molecule has 1 saturated heterocycles. The van der Waals surface area contributed by atoms with Crippen LogP contribution in [0.3, 0.4) is 0 Å². The quantitative estimate of drug-likeness (QED) is 0.0396. The van der Waals surface area contributed by atoms with Crippen LogP contribution in [0.2, 0.25) is 0 Å². The molecule has 2 aliphatic carbocycles. The molecule has 0 unspecified atom stereocenters. The van der Waals surface area contributed by atoms with Crippen LogP contribution in [0.15, 0.2) is 12.2 Å². The Kier molecular flexibility index (Phi) is 14.7. The van der Waals surface area contributed by atoms with Gasteiger partial charge in [-0.25, -0.2) is 0 Å². The molecule has 0 aromatic carbocycles. The molecule has 4 aliphatic rings. The number of hydrogen-bond acceptors (Lipinski definition) is 18. The third-order valence-corrected chi connectivity index (χ3v) is 10.4. The van der Waals surface area contributed by atoms with Crippen molar-refractivity contribution in [3.05, 3.63) is 12.2 Å². The van der Waals surface area contributed by atoms with E-state index in [-0.39, 0.29) is 38.3 Å². The standard InChI is InChI=1S/C31H59N9O12/c1-11(8-32)20(42)22(44)19(36)12(2)48-25-18(10-41)50-28(23(25)45)52-26-21(43)17(40-29(46)31(47)6-13(7-31)39-30(37)38)5-16(35)24(26)51-27-15(34)4-3-14(9-33)49-27/h3-4,11-28,41-45,47H,5-10,32-36H2,1-2H3,(H,40,46)(H4,37,38,39)/t11-,12-,13?,14-,15+,16-,17+,18+,19-,20+,21-,22+,23+,24+,25+,26+,27+,28-,31?/m0/s1. The van der Waals surface area contributed by atoms with Crippen LogP contribution in [-0.2, 0) is 28.5 Å². The van der Waals surface area contributed by atoms with Crippen LogP contribution in [-0.4, -0.2) is 172 Å². The average molecular weight is 750 g/mol. The van der Waals surface area contributed by atoms with Gasteiger partial charge in [0.2, 0.25) is 0 Å². The smallest absolute Gasteiger partial charge is 0.252 e. The molecular weight excluding hydrogens is 690 g/mol. The summed E-state index contributed by atoms with van der Waals surface area (Å²) in [6, 6.07) is -4.33. The molecule has 0 aromatic heterocycles. The Morgan fingerprint density at radius 3 is 2.25 bits per heavy atom. The fraction of sp³-hybridized carbons (Fsp3) is 0.871. The van der Waals surface area contributed by atoms with Crippen molar-refractivity contribution in [1.29, 1.82) is 5.41 Å². The molecule has 300 valence electrons. The first-order valence-electron chi connectivity index (χ1n) is 17.5. The maximum Gasteiger partial charge on any atom is 0.252 e. The summed E-state index contributed by atoms with van der Waals surface area (Å²) in [4.78, 5) is 13.2. The molecule has 0 spiro atoms. The molecule has 0 aromatic rings. The number of guanidine groups is 1. The Morgan fingerprint density at radius 1 is 1.00 bits per heavy atom. The molecule has 3 fully saturated rings. The Balaban J connectivity index is 1.52. The van der Waals surface area contributed by atoms with Gasteiger partial charge in [-0.15, -0.1) is 0 Å². The molecule has 17 atom stereocenters. The lowest BCUT2D eigenvalue weighted by Gasteiger charge is -2.47. The van der Waals surface area contributed by atoms with Crippen LogP contribution in [0.25, 0.3) is 0 Å².